The van der Waals surface area contributed by atoms with Gasteiger partial charge in [-0.2, -0.15) is 0 Å². The summed E-state index contributed by atoms with van der Waals surface area (Å²) in [7, 11) is 0. The minimum Gasteiger partial charge on any atom is -0.545 e. The first-order chi connectivity index (χ1) is 13.8. The maximum atomic E-state index is 10.4. The van der Waals surface area contributed by atoms with Crippen LogP contribution >= 0.6 is 0 Å². The summed E-state index contributed by atoms with van der Waals surface area (Å²) in [6, 6.07) is 4.48. The van der Waals surface area contributed by atoms with Gasteiger partial charge in [0.25, 0.3) is 0 Å². The molecular weight excluding hydrogens is 820 g/mol. The van der Waals surface area contributed by atoms with Gasteiger partial charge in [0, 0.05) is 0 Å². The zero-order chi connectivity index (χ0) is 23.2. The molecule has 0 amide bonds. The second-order valence-electron chi connectivity index (χ2n) is 5.32. The van der Waals surface area contributed by atoms with Gasteiger partial charge in [-0.05, 0) is 69.8 Å². The minimum absolute atomic E-state index is 0. The van der Waals surface area contributed by atoms with E-state index in [1.807, 2.05) is 0 Å². The molecular formula is C18H6Ba3O12. The molecule has 0 aliphatic rings. The molecule has 2 rings (SSSR count). The number of carboxylic acids is 6. The van der Waals surface area contributed by atoms with Gasteiger partial charge in [-0.25, -0.2) is 0 Å². The van der Waals surface area contributed by atoms with E-state index in [1.165, 1.54) is 0 Å². The molecule has 0 aliphatic heterocycles. The van der Waals surface area contributed by atoms with Crippen LogP contribution in [0.5, 0.6) is 0 Å². The number of carboxylic acid groups (broad SMARTS) is 6. The summed E-state index contributed by atoms with van der Waals surface area (Å²) in [6.07, 6.45) is 0. The summed E-state index contributed by atoms with van der Waals surface area (Å²) >= 11 is 0. The van der Waals surface area contributed by atoms with Crippen molar-refractivity contribution in [2.45, 2.75) is 0 Å². The third-order valence-corrected chi connectivity index (χ3v) is 3.28. The van der Waals surface area contributed by atoms with Crippen molar-refractivity contribution in [3.8, 4) is 0 Å². The Bertz CT molecular complexity index is 838. The molecule has 0 saturated carbocycles. The molecule has 2 aromatic carbocycles. The smallest absolute Gasteiger partial charge is 0.545 e. The first kappa shape index (κ1) is 37.5. The molecule has 0 spiro atoms. The summed E-state index contributed by atoms with van der Waals surface area (Å²) in [5.41, 5.74) is -3.36. The van der Waals surface area contributed by atoms with Crippen molar-refractivity contribution in [2.75, 3.05) is 0 Å². The molecule has 12 nitrogen and oxygen atoms in total. The van der Waals surface area contributed by atoms with Gasteiger partial charge in [0.05, 0.1) is 35.8 Å². The van der Waals surface area contributed by atoms with E-state index >= 15 is 0 Å². The van der Waals surface area contributed by atoms with E-state index in [1.54, 1.807) is 0 Å². The van der Waals surface area contributed by atoms with Crippen LogP contribution in [0.15, 0.2) is 36.4 Å². The zero-order valence-corrected chi connectivity index (χ0v) is 29.8. The monoisotopic (exact) mass is 828 g/mol. The molecule has 156 valence electrons. The number of carbonyl (C=O) groups excluding carboxylic acids is 6. The van der Waals surface area contributed by atoms with Gasteiger partial charge in [-0.3, -0.25) is 0 Å². The summed E-state index contributed by atoms with van der Waals surface area (Å²) in [6.45, 7) is 0. The summed E-state index contributed by atoms with van der Waals surface area (Å²) < 4.78 is 0. The molecule has 0 bridgehead atoms. The first-order valence-corrected chi connectivity index (χ1v) is 7.41. The molecule has 0 unspecified atom stereocenters. The summed E-state index contributed by atoms with van der Waals surface area (Å²) in [4.78, 5) is 62.5. The van der Waals surface area contributed by atoms with Crippen LogP contribution in [-0.2, 0) is 0 Å². The third kappa shape index (κ3) is 12.5. The number of hydrogen-bond donors (Lipinski definition) is 0. The number of carbonyl (C=O) groups is 6. The Kier molecular flexibility index (Phi) is 19.8. The number of hydrogen-bond acceptors (Lipinski definition) is 12. The van der Waals surface area contributed by atoms with Crippen LogP contribution < -0.4 is 30.6 Å². The second-order valence-corrected chi connectivity index (χ2v) is 5.32. The van der Waals surface area contributed by atoms with Gasteiger partial charge in [-0.15, -0.1) is 0 Å². The van der Waals surface area contributed by atoms with Gasteiger partial charge < -0.3 is 59.4 Å². The SMILES string of the molecule is O=C([O-])c1cc(C(=O)[O-])cc(C(=O)[O-])c1.O=C([O-])c1cc(C(=O)[O-])cc(C(=O)[O-])c1.[Ba+2].[Ba+2].[Ba+2]. The maximum Gasteiger partial charge on any atom is 2.00 e. The maximum absolute atomic E-state index is 10.4. The van der Waals surface area contributed by atoms with Gasteiger partial charge in [0.15, 0.2) is 0 Å². The van der Waals surface area contributed by atoms with Crippen LogP contribution in [0.1, 0.15) is 62.1 Å². The Hall–Kier alpha value is -0.0257. The fourth-order valence-electron chi connectivity index (χ4n) is 1.96. The number of rotatable bonds is 6. The van der Waals surface area contributed by atoms with E-state index in [4.69, 9.17) is 0 Å². The van der Waals surface area contributed by atoms with Crippen molar-refractivity contribution < 1.29 is 59.4 Å². The van der Waals surface area contributed by atoms with Crippen LogP contribution in [0, 0.1) is 0 Å². The average molecular weight is 826 g/mol. The Morgan fingerprint density at radius 2 is 0.424 bits per heavy atom. The van der Waals surface area contributed by atoms with E-state index in [0.717, 1.165) is 36.4 Å². The average Bonchev–Trinajstić information content (AvgIpc) is 2.67. The molecule has 0 N–H and O–H groups in total. The van der Waals surface area contributed by atoms with E-state index < -0.39 is 69.2 Å². The number of benzene rings is 2. The topological polar surface area (TPSA) is 241 Å². The quantitative estimate of drug-likeness (QED) is 0.247. The molecule has 2 aromatic rings. The Morgan fingerprint density at radius 3 is 0.485 bits per heavy atom. The molecule has 0 saturated heterocycles. The number of aromatic carboxylic acids is 6. The summed E-state index contributed by atoms with van der Waals surface area (Å²) in [5, 5.41) is 62.5. The van der Waals surface area contributed by atoms with Crippen molar-refractivity contribution in [1.29, 1.82) is 0 Å². The van der Waals surface area contributed by atoms with Crippen LogP contribution in [0.3, 0.4) is 0 Å². The van der Waals surface area contributed by atoms with E-state index in [0.29, 0.717) is 0 Å². The van der Waals surface area contributed by atoms with E-state index in [2.05, 4.69) is 0 Å². The zero-order valence-electron chi connectivity index (χ0n) is 16.5. The molecule has 15 heteroatoms. The molecule has 0 aliphatic carbocycles. The fourth-order valence-corrected chi connectivity index (χ4v) is 1.96. The van der Waals surface area contributed by atoms with Gasteiger partial charge in [-0.1, -0.05) is 0 Å². The van der Waals surface area contributed by atoms with E-state index in [-0.39, 0.29) is 147 Å². The Morgan fingerprint density at radius 1 is 0.333 bits per heavy atom. The van der Waals surface area contributed by atoms with Crippen molar-refractivity contribution in [2.24, 2.45) is 0 Å². The van der Waals surface area contributed by atoms with Crippen LogP contribution in [-0.4, -0.2) is 182 Å². The molecule has 0 radical (unpaired) electrons. The Balaban J connectivity index is -0.000000500. The van der Waals surface area contributed by atoms with Gasteiger partial charge >= 0.3 is 147 Å². The van der Waals surface area contributed by atoms with Crippen LogP contribution in [0.2, 0.25) is 0 Å². The molecule has 0 fully saturated rings. The molecule has 0 heterocycles. The largest absolute Gasteiger partial charge is 2.00 e. The normalized spacial score (nSPS) is 8.73. The van der Waals surface area contributed by atoms with Crippen molar-refractivity contribution in [3.05, 3.63) is 69.8 Å². The molecule has 0 aromatic heterocycles. The Labute approximate surface area is 305 Å². The molecule has 0 atom stereocenters. The van der Waals surface area contributed by atoms with Gasteiger partial charge in [0.2, 0.25) is 0 Å². The first-order valence-electron chi connectivity index (χ1n) is 7.41. The predicted molar refractivity (Wildman–Crippen MR) is 96.1 cm³/mol. The van der Waals surface area contributed by atoms with E-state index in [9.17, 15) is 59.4 Å². The van der Waals surface area contributed by atoms with Gasteiger partial charge in [0.1, 0.15) is 0 Å². The minimum atomic E-state index is -1.68. The summed E-state index contributed by atoms with van der Waals surface area (Å²) in [5.74, 6) is -10.1. The standard InChI is InChI=1S/2C9H6O6.3Ba/c2*10-7(11)4-1-5(8(12)13)3-6(2-4)9(14)15;;;/h2*1-3H,(H,10,11)(H,12,13)(H,14,15);;;/q;;3*+2/p-6. The third-order valence-electron chi connectivity index (χ3n) is 3.28. The predicted octanol–water partition coefficient (Wildman–Crippen LogP) is -7.59. The van der Waals surface area contributed by atoms with Crippen LogP contribution in [0.4, 0.5) is 0 Å². The fraction of sp³-hybridized carbons (Fsp3) is 0. The van der Waals surface area contributed by atoms with Crippen LogP contribution in [0.25, 0.3) is 0 Å². The van der Waals surface area contributed by atoms with Crippen molar-refractivity contribution in [1.82, 2.24) is 0 Å². The van der Waals surface area contributed by atoms with Crippen molar-refractivity contribution in [3.63, 3.8) is 0 Å². The van der Waals surface area contributed by atoms with Crippen molar-refractivity contribution >= 4 is 182 Å². The second kappa shape index (κ2) is 17.4. The molecule has 33 heavy (non-hydrogen) atoms.